The van der Waals surface area contributed by atoms with Crippen LogP contribution in [0.2, 0.25) is 5.02 Å². The van der Waals surface area contributed by atoms with Crippen LogP contribution in [0, 0.1) is 6.92 Å². The molecule has 23 heavy (non-hydrogen) atoms. The van der Waals surface area contributed by atoms with E-state index < -0.39 is 0 Å². The monoisotopic (exact) mass is 351 g/mol. The number of rotatable bonds is 5. The molecule has 1 amide bonds. The summed E-state index contributed by atoms with van der Waals surface area (Å²) < 4.78 is 0. The summed E-state index contributed by atoms with van der Waals surface area (Å²) in [6.45, 7) is 3.77. The predicted octanol–water partition coefficient (Wildman–Crippen LogP) is 3.11. The molecule has 0 saturated heterocycles. The number of halogens is 1. The summed E-state index contributed by atoms with van der Waals surface area (Å²) in [5.41, 5.74) is 12.8. The van der Waals surface area contributed by atoms with Gasteiger partial charge in [-0.3, -0.25) is 4.79 Å². The number of benzene rings is 1. The van der Waals surface area contributed by atoms with Gasteiger partial charge in [0.05, 0.1) is 5.25 Å². The molecule has 0 aliphatic heterocycles. The highest BCUT2D eigenvalue weighted by Crippen LogP contribution is 2.27. The number of anilines is 3. The second-order valence-electron chi connectivity index (χ2n) is 4.92. The van der Waals surface area contributed by atoms with E-state index in [1.54, 1.807) is 12.1 Å². The summed E-state index contributed by atoms with van der Waals surface area (Å²) in [5.74, 6) is 0.411. The highest BCUT2D eigenvalue weighted by molar-refractivity contribution is 8.00. The third-order valence-corrected chi connectivity index (χ3v) is 4.82. The van der Waals surface area contributed by atoms with E-state index in [1.807, 2.05) is 19.9 Å². The zero-order valence-electron chi connectivity index (χ0n) is 12.8. The maximum absolute atomic E-state index is 12.5. The lowest BCUT2D eigenvalue weighted by Gasteiger charge is -2.15. The van der Waals surface area contributed by atoms with Crippen LogP contribution in [0.15, 0.2) is 29.4 Å². The average Bonchev–Trinajstić information content (AvgIpc) is 2.48. The molecule has 1 unspecified atom stereocenters. The number of amides is 1. The maximum Gasteiger partial charge on any atom is 0.237 e. The van der Waals surface area contributed by atoms with Crippen molar-refractivity contribution in [3.8, 4) is 0 Å². The fraction of sp³-hybridized carbons (Fsp3) is 0.267. The zero-order valence-corrected chi connectivity index (χ0v) is 14.4. The fourth-order valence-corrected chi connectivity index (χ4v) is 3.00. The molecule has 0 radical (unpaired) electrons. The van der Waals surface area contributed by atoms with Crippen LogP contribution in [-0.4, -0.2) is 21.1 Å². The van der Waals surface area contributed by atoms with Crippen LogP contribution < -0.4 is 16.8 Å². The zero-order chi connectivity index (χ0) is 17.0. The molecule has 2 aromatic rings. The van der Waals surface area contributed by atoms with E-state index in [0.29, 0.717) is 22.3 Å². The first-order chi connectivity index (χ1) is 10.9. The molecule has 1 atom stereocenters. The summed E-state index contributed by atoms with van der Waals surface area (Å²) in [4.78, 5) is 20.7. The molecular weight excluding hydrogens is 334 g/mol. The van der Waals surface area contributed by atoms with Gasteiger partial charge >= 0.3 is 0 Å². The quantitative estimate of drug-likeness (QED) is 0.564. The van der Waals surface area contributed by atoms with Crippen molar-refractivity contribution in [2.75, 3.05) is 16.8 Å². The summed E-state index contributed by atoms with van der Waals surface area (Å²) in [6.07, 6.45) is 0.605. The molecule has 5 N–H and O–H groups in total. The van der Waals surface area contributed by atoms with Crippen molar-refractivity contribution in [3.63, 3.8) is 0 Å². The molecule has 6 nitrogen and oxygen atoms in total. The Kier molecular flexibility index (Phi) is 5.68. The lowest BCUT2D eigenvalue weighted by Crippen LogP contribution is -2.25. The Bertz CT molecular complexity index is 705. The first kappa shape index (κ1) is 17.4. The van der Waals surface area contributed by atoms with Gasteiger partial charge in [0.15, 0.2) is 5.16 Å². The van der Waals surface area contributed by atoms with E-state index in [1.165, 1.54) is 17.8 Å². The lowest BCUT2D eigenvalue weighted by atomic mass is 10.2. The van der Waals surface area contributed by atoms with Gasteiger partial charge in [-0.05, 0) is 31.0 Å². The summed E-state index contributed by atoms with van der Waals surface area (Å²) >= 11 is 7.30. The smallest absolute Gasteiger partial charge is 0.237 e. The van der Waals surface area contributed by atoms with Gasteiger partial charge in [-0.2, -0.15) is 0 Å². The Morgan fingerprint density at radius 3 is 2.61 bits per heavy atom. The number of hydrogen-bond acceptors (Lipinski definition) is 6. The number of hydrogen-bond donors (Lipinski definition) is 3. The molecule has 0 bridgehead atoms. The van der Waals surface area contributed by atoms with Crippen LogP contribution in [-0.2, 0) is 4.79 Å². The number of aromatic nitrogens is 2. The van der Waals surface area contributed by atoms with Crippen LogP contribution in [0.1, 0.15) is 18.9 Å². The average molecular weight is 352 g/mol. The molecule has 1 aromatic heterocycles. The predicted molar refractivity (Wildman–Crippen MR) is 95.6 cm³/mol. The summed E-state index contributed by atoms with van der Waals surface area (Å²) in [7, 11) is 0. The molecule has 122 valence electrons. The van der Waals surface area contributed by atoms with Gasteiger partial charge in [-0.15, -0.1) is 0 Å². The van der Waals surface area contributed by atoms with E-state index in [-0.39, 0.29) is 22.8 Å². The van der Waals surface area contributed by atoms with Gasteiger partial charge in [0.25, 0.3) is 0 Å². The van der Waals surface area contributed by atoms with E-state index in [4.69, 9.17) is 23.1 Å². The van der Waals surface area contributed by atoms with Gasteiger partial charge in [-0.25, -0.2) is 9.97 Å². The van der Waals surface area contributed by atoms with Crippen LogP contribution in [0.3, 0.4) is 0 Å². The molecule has 2 rings (SSSR count). The van der Waals surface area contributed by atoms with E-state index in [2.05, 4.69) is 15.3 Å². The van der Waals surface area contributed by atoms with Gasteiger partial charge in [0, 0.05) is 16.8 Å². The Morgan fingerprint density at radius 1 is 1.35 bits per heavy atom. The van der Waals surface area contributed by atoms with Gasteiger partial charge in [0.1, 0.15) is 11.6 Å². The normalized spacial score (nSPS) is 12.0. The third kappa shape index (κ3) is 4.49. The highest BCUT2D eigenvalue weighted by atomic mass is 35.5. The molecule has 1 aromatic carbocycles. The number of carbonyl (C=O) groups is 1. The first-order valence-corrected chi connectivity index (χ1v) is 8.29. The Hall–Kier alpha value is -1.99. The molecule has 0 aliphatic rings. The molecule has 0 saturated carbocycles. The highest BCUT2D eigenvalue weighted by Gasteiger charge is 2.20. The first-order valence-electron chi connectivity index (χ1n) is 7.03. The molecule has 0 spiro atoms. The minimum absolute atomic E-state index is 0.146. The number of carbonyl (C=O) groups excluding carboxylic acids is 1. The third-order valence-electron chi connectivity index (χ3n) is 3.18. The molecule has 0 fully saturated rings. The van der Waals surface area contributed by atoms with Gasteiger partial charge < -0.3 is 16.8 Å². The minimum atomic E-state index is -0.366. The molecular formula is C15H18ClN5OS. The van der Waals surface area contributed by atoms with E-state index in [9.17, 15) is 4.79 Å². The SMILES string of the molecule is CCC(Sc1nc(N)cc(N)n1)C(=O)Nc1cccc(Cl)c1C. The standard InChI is InChI=1S/C15H18ClN5OS/c1-3-11(23-15-20-12(17)7-13(18)21-15)14(22)19-10-6-4-5-9(16)8(10)2/h4-7,11H,3H2,1-2H3,(H,19,22)(H4,17,18,20,21). The largest absolute Gasteiger partial charge is 0.383 e. The van der Waals surface area contributed by atoms with Crippen molar-refractivity contribution in [1.82, 2.24) is 9.97 Å². The van der Waals surface area contributed by atoms with E-state index >= 15 is 0 Å². The topological polar surface area (TPSA) is 107 Å². The van der Waals surface area contributed by atoms with Crippen molar-refractivity contribution in [2.45, 2.75) is 30.7 Å². The number of nitrogens with two attached hydrogens (primary N) is 2. The fourth-order valence-electron chi connectivity index (χ4n) is 1.92. The number of nitrogens with zero attached hydrogens (tertiary/aromatic N) is 2. The Labute approximate surface area is 144 Å². The van der Waals surface area contributed by atoms with Crippen molar-refractivity contribution in [3.05, 3.63) is 34.9 Å². The second kappa shape index (κ2) is 7.52. The number of nitrogen functional groups attached to an aromatic ring is 2. The van der Waals surface area contributed by atoms with Crippen molar-refractivity contribution < 1.29 is 4.79 Å². The van der Waals surface area contributed by atoms with Crippen LogP contribution in [0.25, 0.3) is 0 Å². The van der Waals surface area contributed by atoms with Crippen LogP contribution in [0.5, 0.6) is 0 Å². The minimum Gasteiger partial charge on any atom is -0.383 e. The maximum atomic E-state index is 12.5. The number of thioether (sulfide) groups is 1. The Balaban J connectivity index is 2.13. The van der Waals surface area contributed by atoms with Crippen molar-refractivity contribution in [2.24, 2.45) is 0 Å². The summed E-state index contributed by atoms with van der Waals surface area (Å²) in [5, 5.41) is 3.51. The van der Waals surface area contributed by atoms with E-state index in [0.717, 1.165) is 5.56 Å². The second-order valence-corrected chi connectivity index (χ2v) is 6.49. The molecule has 1 heterocycles. The van der Waals surface area contributed by atoms with Crippen molar-refractivity contribution in [1.29, 1.82) is 0 Å². The van der Waals surface area contributed by atoms with Crippen LogP contribution >= 0.6 is 23.4 Å². The molecule has 0 aliphatic carbocycles. The lowest BCUT2D eigenvalue weighted by molar-refractivity contribution is -0.115. The Morgan fingerprint density at radius 2 is 2.00 bits per heavy atom. The summed E-state index contributed by atoms with van der Waals surface area (Å²) in [6, 6.07) is 6.86. The van der Waals surface area contributed by atoms with Crippen LogP contribution in [0.4, 0.5) is 17.3 Å². The number of nitrogens with one attached hydrogen (secondary N) is 1. The van der Waals surface area contributed by atoms with Gasteiger partial charge in [-0.1, -0.05) is 36.4 Å². The van der Waals surface area contributed by atoms with Gasteiger partial charge in [0.2, 0.25) is 5.91 Å². The molecule has 8 heteroatoms. The van der Waals surface area contributed by atoms with Crippen molar-refractivity contribution >= 4 is 46.6 Å².